The third-order valence-corrected chi connectivity index (χ3v) is 17.6. The van der Waals surface area contributed by atoms with E-state index in [0.717, 1.165) is 82.1 Å². The minimum absolute atomic E-state index is 0.0692. The maximum absolute atomic E-state index is 13.6. The number of nitrogens with zero attached hydrogens (tertiary/aromatic N) is 6. The van der Waals surface area contributed by atoms with Crippen LogP contribution in [0.2, 0.25) is 0 Å². The molecule has 0 saturated carbocycles. The van der Waals surface area contributed by atoms with Crippen molar-refractivity contribution in [2.45, 2.75) is 12.8 Å². The van der Waals surface area contributed by atoms with Gasteiger partial charge in [0.25, 0.3) is 23.6 Å². The number of H-pyrrole nitrogens is 4. The molecule has 0 bridgehead atoms. The molecule has 568 valence electrons. The van der Waals surface area contributed by atoms with Crippen molar-refractivity contribution in [3.05, 3.63) is 237 Å². The average molecular weight is 1510 g/mol. The van der Waals surface area contributed by atoms with E-state index >= 15 is 0 Å². The minimum Gasteiger partial charge on any atom is -0.495 e. The van der Waals surface area contributed by atoms with E-state index in [1.807, 2.05) is 60.7 Å². The summed E-state index contributed by atoms with van der Waals surface area (Å²) in [5.74, 6) is 1.76. The Morgan fingerprint density at radius 2 is 0.714 bits per heavy atom. The Hall–Kier alpha value is -14.8. The lowest BCUT2D eigenvalue weighted by Crippen LogP contribution is -2.24. The fraction of sp³-hybridized carbons (Fsp3) is 0.167. The number of halogens is 2. The number of methoxy groups -OCH3 is 6. The van der Waals surface area contributed by atoms with E-state index in [4.69, 9.17) is 48.4 Å². The normalized spacial score (nSPS) is 11.8. The maximum atomic E-state index is 13.6. The molecule has 4 aromatic heterocycles. The van der Waals surface area contributed by atoms with Gasteiger partial charge in [-0.15, -0.1) is 13.2 Å². The van der Waals surface area contributed by atoms with Gasteiger partial charge in [-0.2, -0.15) is 30.9 Å². The second-order valence-corrected chi connectivity index (χ2v) is 24.4. The zero-order chi connectivity index (χ0) is 79.2. The van der Waals surface area contributed by atoms with Gasteiger partial charge in [0.2, 0.25) is 0 Å². The summed E-state index contributed by atoms with van der Waals surface area (Å²) < 4.78 is 70.3. The zero-order valence-electron chi connectivity index (χ0n) is 61.7. The summed E-state index contributed by atoms with van der Waals surface area (Å²) >= 11 is 0. The van der Waals surface area contributed by atoms with Gasteiger partial charge in [0.1, 0.15) is 47.6 Å². The first-order chi connectivity index (χ1) is 54.6. The first kappa shape index (κ1) is 78.3. The second kappa shape index (κ2) is 37.1. The smallest absolute Gasteiger partial charge is 0.255 e. The van der Waals surface area contributed by atoms with Crippen molar-refractivity contribution in [3.8, 4) is 58.1 Å². The topological polar surface area (TPSA) is 353 Å². The lowest BCUT2D eigenvalue weighted by molar-refractivity contribution is 0.0947. The summed E-state index contributed by atoms with van der Waals surface area (Å²) in [5, 5.41) is 59.7. The Kier molecular flexibility index (Phi) is 26.0. The molecule has 8 aromatic carbocycles. The van der Waals surface area contributed by atoms with E-state index < -0.39 is 17.5 Å². The van der Waals surface area contributed by atoms with E-state index in [1.165, 1.54) is 58.8 Å². The number of fused-ring (bicyclic) bond motifs is 6. The van der Waals surface area contributed by atoms with E-state index in [0.29, 0.717) is 102 Å². The van der Waals surface area contributed by atoms with Crippen molar-refractivity contribution in [2.24, 2.45) is 0 Å². The molecule has 0 spiro atoms. The van der Waals surface area contributed by atoms with Gasteiger partial charge in [-0.3, -0.25) is 39.6 Å². The fourth-order valence-corrected chi connectivity index (χ4v) is 12.3. The number of nitriles is 2. The number of carbonyl (C=O) groups excluding carboxylic acids is 4. The second-order valence-electron chi connectivity index (χ2n) is 24.4. The standard InChI is InChI=1S/C22H21N3O3.C21H20FN3O3.C21H18N4O3.C20H17FN4O3/c1-3-11-23-22(26)16-6-8-18-20(21(16)27-2)17(24-25-18)7-4-14-5-9-19-15(13-14)10-12-28-19;1-4-11-23-21(26)14-7-10-17-19(20(14)28-3)16(24-25-17)9-6-13-5-8-15(22)18(12-13)27-2;1-27-20-15(21(26)23-10-9-22)4-6-17-19(20)16(24-25-17)5-2-13-3-7-18-14(12-13)8-11-28-18;1-27-17-11-12(3-6-14(17)21)4-7-15-18-16(25-24-15)8-5-13(19(18)28-2)20(26)23-10-9-22/h3-9,13H,1,10-12H2,2H3,(H,23,26)(H,24,25);4-10,12H,1,11H2,2-3H3,(H,23,26)(H,24,25);2-7,12H,8,10-11H2,1H3,(H,23,26)(H,24,25);3-8,11H,10H2,1-2H3,(H,23,26)(H,24,25)/b7-4+;9-6+;5-2+;7-4+. The van der Waals surface area contributed by atoms with E-state index in [2.05, 4.69) is 87.3 Å². The van der Waals surface area contributed by atoms with Crippen LogP contribution in [0.25, 0.3) is 92.2 Å². The summed E-state index contributed by atoms with van der Waals surface area (Å²) in [6.07, 6.45) is 20.0. The third-order valence-electron chi connectivity index (χ3n) is 17.6. The molecule has 6 heterocycles. The summed E-state index contributed by atoms with van der Waals surface area (Å²) in [7, 11) is 8.85. The van der Waals surface area contributed by atoms with Crippen LogP contribution in [0.5, 0.6) is 46.0 Å². The largest absolute Gasteiger partial charge is 0.495 e. The number of ether oxygens (including phenoxy) is 8. The van der Waals surface area contributed by atoms with Crippen LogP contribution in [-0.4, -0.2) is 146 Å². The molecule has 0 unspecified atom stereocenters. The molecule has 0 saturated heterocycles. The highest BCUT2D eigenvalue weighted by Crippen LogP contribution is 2.38. The maximum Gasteiger partial charge on any atom is 0.255 e. The summed E-state index contributed by atoms with van der Waals surface area (Å²) in [5.41, 5.74) is 13.0. The van der Waals surface area contributed by atoms with Crippen LogP contribution in [0.3, 0.4) is 0 Å². The lowest BCUT2D eigenvalue weighted by Gasteiger charge is -2.10. The quantitative estimate of drug-likeness (QED) is 0.0206. The van der Waals surface area contributed by atoms with Crippen LogP contribution in [0, 0.1) is 34.3 Å². The van der Waals surface area contributed by atoms with Crippen LogP contribution >= 0.6 is 0 Å². The minimum atomic E-state index is -0.443. The number of nitrogens with one attached hydrogen (secondary N) is 8. The van der Waals surface area contributed by atoms with Gasteiger partial charge in [-0.1, -0.05) is 60.7 Å². The molecule has 0 aliphatic carbocycles. The summed E-state index contributed by atoms with van der Waals surface area (Å²) in [6, 6.07) is 38.7. The van der Waals surface area contributed by atoms with Crippen LogP contribution in [-0.2, 0) is 12.8 Å². The van der Waals surface area contributed by atoms with E-state index in [-0.39, 0.29) is 42.3 Å². The van der Waals surface area contributed by atoms with Crippen LogP contribution in [0.15, 0.2) is 147 Å². The number of hydrogen-bond acceptors (Lipinski definition) is 18. The van der Waals surface area contributed by atoms with E-state index in [9.17, 15) is 28.0 Å². The van der Waals surface area contributed by atoms with Crippen molar-refractivity contribution < 1.29 is 65.9 Å². The number of carbonyl (C=O) groups is 4. The van der Waals surface area contributed by atoms with Crippen LogP contribution in [0.1, 0.15) is 97.6 Å². The number of aromatic nitrogens is 8. The SMILES string of the molecule is C=CCNC(=O)c1ccc2n[nH]c(/C=C/c3ccc(F)c(OC)c3)c2c1OC.C=CCNC(=O)c1ccc2n[nH]c(/C=C/c3ccc4c(c3)CCO4)c2c1OC.COc1c(C(=O)NCC#N)ccc2n[nH]c(/C=C/c3ccc4c(c3)CCO4)c12.COc1cc(/C=C/c2[nH]nc3ccc(C(=O)NCC#N)c(OC)c23)ccc1F. The fourth-order valence-electron chi connectivity index (χ4n) is 12.3. The first-order valence-corrected chi connectivity index (χ1v) is 34.8. The highest BCUT2D eigenvalue weighted by atomic mass is 19.1. The molecular weight excluding hydrogens is 1440 g/mol. The molecule has 8 N–H and O–H groups in total. The van der Waals surface area contributed by atoms with Gasteiger partial charge in [0, 0.05) is 25.9 Å². The molecular formula is C84H76F2N14O12. The Labute approximate surface area is 641 Å². The molecule has 0 atom stereocenters. The average Bonchev–Trinajstić information content (AvgIpc) is 1.60. The number of hydrogen-bond donors (Lipinski definition) is 8. The summed E-state index contributed by atoms with van der Waals surface area (Å²) in [4.78, 5) is 49.5. The summed E-state index contributed by atoms with van der Waals surface area (Å²) in [6.45, 7) is 9.24. The Morgan fingerprint density at radius 3 is 1.00 bits per heavy atom. The predicted octanol–water partition coefficient (Wildman–Crippen LogP) is 13.5. The molecule has 4 amide bonds. The number of amides is 4. The molecule has 0 fully saturated rings. The van der Waals surface area contributed by atoms with Crippen molar-refractivity contribution in [1.29, 1.82) is 10.5 Å². The highest BCUT2D eigenvalue weighted by Gasteiger charge is 2.24. The Balaban J connectivity index is 0.000000148. The molecule has 2 aliphatic heterocycles. The third kappa shape index (κ3) is 17.9. The number of rotatable bonds is 24. The zero-order valence-corrected chi connectivity index (χ0v) is 61.7. The molecule has 26 nitrogen and oxygen atoms in total. The Bertz CT molecular complexity index is 5500. The van der Waals surface area contributed by atoms with Crippen molar-refractivity contribution in [2.75, 3.05) is 82.1 Å². The molecule has 12 aromatic rings. The van der Waals surface area contributed by atoms with Gasteiger partial charge in [-0.05, 0) is 155 Å². The molecule has 2 aliphatic rings. The number of benzene rings is 8. The van der Waals surface area contributed by atoms with Crippen LogP contribution < -0.4 is 59.2 Å². The Morgan fingerprint density at radius 1 is 0.420 bits per heavy atom. The van der Waals surface area contributed by atoms with Crippen molar-refractivity contribution in [1.82, 2.24) is 62.1 Å². The van der Waals surface area contributed by atoms with E-state index in [1.54, 1.807) is 116 Å². The van der Waals surface area contributed by atoms with Gasteiger partial charge < -0.3 is 59.2 Å². The molecule has 0 radical (unpaired) electrons. The predicted molar refractivity (Wildman–Crippen MR) is 424 cm³/mol. The first-order valence-electron chi connectivity index (χ1n) is 34.8. The monoisotopic (exact) mass is 1510 g/mol. The van der Waals surface area contributed by atoms with Crippen LogP contribution in [0.4, 0.5) is 8.78 Å². The number of aromatic amines is 4. The van der Waals surface area contributed by atoms with Gasteiger partial charge in [-0.25, -0.2) is 8.78 Å². The van der Waals surface area contributed by atoms with Gasteiger partial charge in [0.05, 0.1) is 157 Å². The molecule has 14 rings (SSSR count). The van der Waals surface area contributed by atoms with Crippen molar-refractivity contribution >= 4 is 116 Å². The van der Waals surface area contributed by atoms with Gasteiger partial charge in [0.15, 0.2) is 23.1 Å². The highest BCUT2D eigenvalue weighted by molar-refractivity contribution is 6.09. The molecule has 28 heteroatoms. The molecule has 112 heavy (non-hydrogen) atoms. The van der Waals surface area contributed by atoms with Crippen molar-refractivity contribution in [3.63, 3.8) is 0 Å². The lowest BCUT2D eigenvalue weighted by atomic mass is 10.1. The van der Waals surface area contributed by atoms with Gasteiger partial charge >= 0.3 is 0 Å².